The van der Waals surface area contributed by atoms with Crippen LogP contribution in [-0.4, -0.2) is 11.8 Å². The lowest BCUT2D eigenvalue weighted by atomic mass is 10.1. The molecule has 0 aliphatic heterocycles. The van der Waals surface area contributed by atoms with E-state index in [2.05, 4.69) is 19.1 Å². The highest BCUT2D eigenvalue weighted by atomic mass is 16.4. The second-order valence-corrected chi connectivity index (χ2v) is 5.74. The largest absolute Gasteiger partial charge is 0.550 e. The SMILES string of the molecule is CCCCCCCC/C=C\C/C=C\C=C\C(=O)CCCC(=O)[O-]. The van der Waals surface area contributed by atoms with Gasteiger partial charge >= 0.3 is 0 Å². The van der Waals surface area contributed by atoms with Crippen LogP contribution in [0.3, 0.4) is 0 Å². The van der Waals surface area contributed by atoms with Gasteiger partial charge in [0, 0.05) is 12.4 Å². The van der Waals surface area contributed by atoms with Crippen LogP contribution >= 0.6 is 0 Å². The van der Waals surface area contributed by atoms with E-state index in [0.29, 0.717) is 6.42 Å². The Morgan fingerprint density at radius 2 is 1.57 bits per heavy atom. The van der Waals surface area contributed by atoms with Crippen LogP contribution in [0, 0.1) is 0 Å². The summed E-state index contributed by atoms with van der Waals surface area (Å²) in [6.07, 6.45) is 22.0. The van der Waals surface area contributed by atoms with Crippen molar-refractivity contribution in [2.75, 3.05) is 0 Å². The van der Waals surface area contributed by atoms with E-state index >= 15 is 0 Å². The molecule has 0 spiro atoms. The van der Waals surface area contributed by atoms with E-state index in [9.17, 15) is 14.7 Å². The highest BCUT2D eigenvalue weighted by Gasteiger charge is 1.95. The van der Waals surface area contributed by atoms with Gasteiger partial charge in [-0.1, -0.05) is 69.4 Å². The highest BCUT2D eigenvalue weighted by Crippen LogP contribution is 2.07. The molecule has 3 heteroatoms. The summed E-state index contributed by atoms with van der Waals surface area (Å²) in [6.45, 7) is 2.23. The van der Waals surface area contributed by atoms with E-state index in [1.165, 1.54) is 44.6 Å². The first-order chi connectivity index (χ1) is 11.2. The van der Waals surface area contributed by atoms with Gasteiger partial charge in [-0.2, -0.15) is 0 Å². The molecule has 0 radical (unpaired) electrons. The van der Waals surface area contributed by atoms with E-state index in [4.69, 9.17) is 0 Å². The van der Waals surface area contributed by atoms with Gasteiger partial charge in [-0.25, -0.2) is 0 Å². The molecule has 0 unspecified atom stereocenters. The van der Waals surface area contributed by atoms with Gasteiger partial charge in [-0.05, 0) is 38.2 Å². The molecule has 0 saturated heterocycles. The molecule has 0 aromatic rings. The normalized spacial score (nSPS) is 11.9. The van der Waals surface area contributed by atoms with Gasteiger partial charge in [0.05, 0.1) is 0 Å². The van der Waals surface area contributed by atoms with Gasteiger partial charge in [0.15, 0.2) is 5.78 Å². The lowest BCUT2D eigenvalue weighted by Gasteiger charge is -1.98. The molecule has 0 bridgehead atoms. The van der Waals surface area contributed by atoms with Crippen molar-refractivity contribution in [3.8, 4) is 0 Å². The summed E-state index contributed by atoms with van der Waals surface area (Å²) in [4.78, 5) is 21.6. The minimum atomic E-state index is -1.10. The Morgan fingerprint density at radius 3 is 2.30 bits per heavy atom. The van der Waals surface area contributed by atoms with Crippen LogP contribution in [-0.2, 0) is 9.59 Å². The number of carboxylic acids is 1. The summed E-state index contributed by atoms with van der Waals surface area (Å²) in [5.41, 5.74) is 0. The zero-order chi connectivity index (χ0) is 17.2. The Bertz CT molecular complexity index is 392. The lowest BCUT2D eigenvalue weighted by Crippen LogP contribution is -2.21. The molecule has 0 atom stereocenters. The van der Waals surface area contributed by atoms with E-state index in [-0.39, 0.29) is 18.6 Å². The average Bonchev–Trinajstić information content (AvgIpc) is 2.51. The van der Waals surface area contributed by atoms with Crippen molar-refractivity contribution in [1.29, 1.82) is 0 Å². The fourth-order valence-corrected chi connectivity index (χ4v) is 2.15. The number of carbonyl (C=O) groups excluding carboxylic acids is 2. The summed E-state index contributed by atoms with van der Waals surface area (Å²) in [7, 11) is 0. The van der Waals surface area contributed by atoms with Gasteiger partial charge in [0.1, 0.15) is 0 Å². The molecule has 0 fully saturated rings. The van der Waals surface area contributed by atoms with Crippen molar-refractivity contribution in [2.24, 2.45) is 0 Å². The van der Waals surface area contributed by atoms with E-state index < -0.39 is 5.97 Å². The minimum Gasteiger partial charge on any atom is -0.550 e. The quantitative estimate of drug-likeness (QED) is 0.196. The number of allylic oxidation sites excluding steroid dienone is 6. The predicted molar refractivity (Wildman–Crippen MR) is 93.9 cm³/mol. The molecule has 23 heavy (non-hydrogen) atoms. The lowest BCUT2D eigenvalue weighted by molar-refractivity contribution is -0.305. The van der Waals surface area contributed by atoms with Crippen molar-refractivity contribution >= 4 is 11.8 Å². The molecule has 3 nitrogen and oxygen atoms in total. The Balaban J connectivity index is 3.51. The Labute approximate surface area is 141 Å². The highest BCUT2D eigenvalue weighted by molar-refractivity contribution is 5.90. The van der Waals surface area contributed by atoms with Gasteiger partial charge in [0.25, 0.3) is 0 Å². The monoisotopic (exact) mass is 319 g/mol. The summed E-state index contributed by atoms with van der Waals surface area (Å²) in [5, 5.41) is 10.2. The number of unbranched alkanes of at least 4 members (excludes halogenated alkanes) is 6. The summed E-state index contributed by atoms with van der Waals surface area (Å²) < 4.78 is 0. The second kappa shape index (κ2) is 16.7. The first-order valence-corrected chi connectivity index (χ1v) is 8.87. The molecule has 0 aromatic heterocycles. The number of carboxylic acid groups (broad SMARTS) is 1. The van der Waals surface area contributed by atoms with E-state index in [0.717, 1.165) is 12.8 Å². The topological polar surface area (TPSA) is 57.2 Å². The molecule has 0 amide bonds. The molecule has 130 valence electrons. The summed E-state index contributed by atoms with van der Waals surface area (Å²) >= 11 is 0. The minimum absolute atomic E-state index is 0.0467. The summed E-state index contributed by atoms with van der Waals surface area (Å²) in [6, 6.07) is 0. The standard InChI is InChI=1S/C20H32O3/c1-2-3-4-5-6-7-8-9-10-11-12-13-14-16-19(21)17-15-18-20(22)23/h9-10,12-14,16H,2-8,11,15,17-18H2,1H3,(H,22,23)/p-1/b10-9-,13-12-,16-14+. The van der Waals surface area contributed by atoms with Crippen LogP contribution in [0.2, 0.25) is 0 Å². The van der Waals surface area contributed by atoms with Crippen molar-refractivity contribution in [1.82, 2.24) is 0 Å². The van der Waals surface area contributed by atoms with Crippen molar-refractivity contribution in [3.05, 3.63) is 36.5 Å². The molecule has 0 aromatic carbocycles. The van der Waals surface area contributed by atoms with Gasteiger partial charge in [0.2, 0.25) is 0 Å². The first-order valence-electron chi connectivity index (χ1n) is 8.87. The maximum Gasteiger partial charge on any atom is 0.155 e. The van der Waals surface area contributed by atoms with E-state index in [1.54, 1.807) is 6.08 Å². The first kappa shape index (κ1) is 21.4. The number of rotatable bonds is 15. The molecule has 0 heterocycles. The van der Waals surface area contributed by atoms with Crippen LogP contribution in [0.25, 0.3) is 0 Å². The van der Waals surface area contributed by atoms with Crippen LogP contribution < -0.4 is 5.11 Å². The Kier molecular flexibility index (Phi) is 15.5. The molecular formula is C20H31O3-. The van der Waals surface area contributed by atoms with Crippen molar-refractivity contribution < 1.29 is 14.7 Å². The van der Waals surface area contributed by atoms with Crippen LogP contribution in [0.5, 0.6) is 0 Å². The fourth-order valence-electron chi connectivity index (χ4n) is 2.15. The smallest absolute Gasteiger partial charge is 0.155 e. The zero-order valence-corrected chi connectivity index (χ0v) is 14.5. The second-order valence-electron chi connectivity index (χ2n) is 5.74. The fraction of sp³-hybridized carbons (Fsp3) is 0.600. The Morgan fingerprint density at radius 1 is 0.826 bits per heavy atom. The third kappa shape index (κ3) is 18.3. The third-order valence-corrected chi connectivity index (χ3v) is 3.50. The number of hydrogen-bond acceptors (Lipinski definition) is 3. The Hall–Kier alpha value is -1.64. The van der Waals surface area contributed by atoms with Gasteiger partial charge in [-0.15, -0.1) is 0 Å². The number of aliphatic carboxylic acids is 1. The van der Waals surface area contributed by atoms with Crippen LogP contribution in [0.15, 0.2) is 36.5 Å². The molecule has 0 aliphatic carbocycles. The maximum atomic E-state index is 11.4. The number of ketones is 1. The average molecular weight is 319 g/mol. The number of hydrogen-bond donors (Lipinski definition) is 0. The molecule has 0 saturated carbocycles. The zero-order valence-electron chi connectivity index (χ0n) is 14.5. The summed E-state index contributed by atoms with van der Waals surface area (Å²) in [5.74, 6) is -1.15. The van der Waals surface area contributed by atoms with Crippen molar-refractivity contribution in [3.63, 3.8) is 0 Å². The molecule has 0 N–H and O–H groups in total. The van der Waals surface area contributed by atoms with Gasteiger partial charge < -0.3 is 9.90 Å². The van der Waals surface area contributed by atoms with E-state index in [1.807, 2.05) is 12.2 Å². The number of carbonyl (C=O) groups is 2. The van der Waals surface area contributed by atoms with Crippen LogP contribution in [0.4, 0.5) is 0 Å². The molecular weight excluding hydrogens is 288 g/mol. The van der Waals surface area contributed by atoms with Crippen LogP contribution in [0.1, 0.15) is 77.6 Å². The van der Waals surface area contributed by atoms with Gasteiger partial charge in [-0.3, -0.25) is 4.79 Å². The third-order valence-electron chi connectivity index (χ3n) is 3.50. The van der Waals surface area contributed by atoms with Crippen molar-refractivity contribution in [2.45, 2.75) is 77.6 Å². The predicted octanol–water partition coefficient (Wildman–Crippen LogP) is 4.29. The molecule has 0 aliphatic rings. The molecule has 0 rings (SSSR count). The maximum absolute atomic E-state index is 11.4.